The van der Waals surface area contributed by atoms with Crippen molar-refractivity contribution in [2.75, 3.05) is 25.0 Å². The highest BCUT2D eigenvalue weighted by Crippen LogP contribution is 2.33. The molecule has 7 heteroatoms. The van der Waals surface area contributed by atoms with Crippen LogP contribution in [0.4, 0.5) is 10.6 Å². The summed E-state index contributed by atoms with van der Waals surface area (Å²) in [6.07, 6.45) is 0. The summed E-state index contributed by atoms with van der Waals surface area (Å²) in [7, 11) is 0. The van der Waals surface area contributed by atoms with Gasteiger partial charge in [0.2, 0.25) is 0 Å². The van der Waals surface area contributed by atoms with Crippen molar-refractivity contribution < 1.29 is 9.90 Å². The highest BCUT2D eigenvalue weighted by molar-refractivity contribution is 7.08. The van der Waals surface area contributed by atoms with Crippen molar-refractivity contribution in [1.29, 1.82) is 0 Å². The van der Waals surface area contributed by atoms with Crippen molar-refractivity contribution in [1.82, 2.24) is 14.7 Å². The van der Waals surface area contributed by atoms with Crippen LogP contribution in [-0.2, 0) is 0 Å². The predicted octanol–water partition coefficient (Wildman–Crippen LogP) is 3.48. The number of hydrogen-bond donors (Lipinski definition) is 2. The Balaban J connectivity index is 1.47. The summed E-state index contributed by atoms with van der Waals surface area (Å²) < 4.78 is 1.81. The lowest BCUT2D eigenvalue weighted by molar-refractivity contribution is 0.206. The van der Waals surface area contributed by atoms with Crippen LogP contribution in [-0.4, -0.2) is 45.5 Å². The Hall–Kier alpha value is -2.64. The lowest BCUT2D eigenvalue weighted by Gasteiger charge is -2.16. The van der Waals surface area contributed by atoms with E-state index >= 15 is 0 Å². The van der Waals surface area contributed by atoms with Crippen molar-refractivity contribution >= 4 is 23.2 Å². The number of carbonyl (C=O) groups excluding carboxylic acids is 1. The molecule has 1 aromatic carbocycles. The summed E-state index contributed by atoms with van der Waals surface area (Å²) in [5.74, 6) is 0.769. The van der Waals surface area contributed by atoms with Crippen molar-refractivity contribution in [3.05, 3.63) is 64.5 Å². The molecule has 4 rings (SSSR count). The van der Waals surface area contributed by atoms with E-state index in [-0.39, 0.29) is 24.5 Å². The number of aliphatic hydroxyl groups excluding tert-OH is 1. The fraction of sp³-hybridized carbons (Fsp3) is 0.300. The first-order valence-corrected chi connectivity index (χ1v) is 9.91. The van der Waals surface area contributed by atoms with Gasteiger partial charge in [0.15, 0.2) is 5.82 Å². The number of urea groups is 1. The molecular formula is C20H22N4O2S. The van der Waals surface area contributed by atoms with E-state index in [0.29, 0.717) is 18.9 Å². The molecule has 2 amide bonds. The van der Waals surface area contributed by atoms with Gasteiger partial charge in [-0.15, -0.1) is 5.10 Å². The summed E-state index contributed by atoms with van der Waals surface area (Å²) in [5.41, 5.74) is 3.09. The fourth-order valence-electron chi connectivity index (χ4n) is 3.64. The number of aromatic nitrogens is 2. The number of nitrogens with zero attached hydrogens (tertiary/aromatic N) is 3. The minimum absolute atomic E-state index is 0.0639. The van der Waals surface area contributed by atoms with Gasteiger partial charge < -0.3 is 10.0 Å². The monoisotopic (exact) mass is 382 g/mol. The third-order valence-electron chi connectivity index (χ3n) is 5.06. The van der Waals surface area contributed by atoms with Crippen molar-refractivity contribution in [2.45, 2.75) is 12.8 Å². The van der Waals surface area contributed by atoms with Gasteiger partial charge in [0, 0.05) is 43.3 Å². The van der Waals surface area contributed by atoms with E-state index in [9.17, 15) is 9.90 Å². The Morgan fingerprint density at radius 2 is 2.11 bits per heavy atom. The Kier molecular flexibility index (Phi) is 4.96. The molecule has 1 aliphatic rings. The maximum Gasteiger partial charge on any atom is 0.323 e. The van der Waals surface area contributed by atoms with Crippen LogP contribution in [0.25, 0.3) is 5.69 Å². The molecule has 6 nitrogen and oxygen atoms in total. The van der Waals surface area contributed by atoms with Crippen molar-refractivity contribution in [2.24, 2.45) is 5.92 Å². The lowest BCUT2D eigenvalue weighted by atomic mass is 9.92. The summed E-state index contributed by atoms with van der Waals surface area (Å²) in [6, 6.07) is 13.6. The van der Waals surface area contributed by atoms with E-state index in [1.54, 1.807) is 16.2 Å². The van der Waals surface area contributed by atoms with Crippen LogP contribution >= 0.6 is 11.3 Å². The van der Waals surface area contributed by atoms with Gasteiger partial charge >= 0.3 is 6.03 Å². The van der Waals surface area contributed by atoms with Crippen LogP contribution in [0.3, 0.4) is 0 Å². The number of rotatable bonds is 4. The SMILES string of the molecule is Cc1cc(NC(=O)N2C[C@@H](CO)[C@H](c3ccsc3)C2)nn1-c1ccccc1. The molecule has 140 valence electrons. The van der Waals surface area contributed by atoms with E-state index in [0.717, 1.165) is 11.4 Å². The number of likely N-dealkylation sites (tertiary alicyclic amines) is 1. The van der Waals surface area contributed by atoms with E-state index in [2.05, 4.69) is 21.9 Å². The standard InChI is InChI=1S/C20H22N4O2S/c1-14-9-19(22-24(14)17-5-3-2-4-6-17)21-20(26)23-10-16(12-25)18(11-23)15-7-8-27-13-15/h2-9,13,16,18,25H,10-12H2,1H3,(H,21,22,26)/t16-,18-/m0/s1. The Morgan fingerprint density at radius 1 is 1.30 bits per heavy atom. The molecular weight excluding hydrogens is 360 g/mol. The topological polar surface area (TPSA) is 70.4 Å². The van der Waals surface area contributed by atoms with Gasteiger partial charge in [-0.3, -0.25) is 5.32 Å². The molecule has 1 saturated heterocycles. The third-order valence-corrected chi connectivity index (χ3v) is 5.76. The number of anilines is 1. The quantitative estimate of drug-likeness (QED) is 0.726. The Morgan fingerprint density at radius 3 is 2.81 bits per heavy atom. The molecule has 0 radical (unpaired) electrons. The minimum Gasteiger partial charge on any atom is -0.396 e. The zero-order valence-corrected chi connectivity index (χ0v) is 15.9. The van der Waals surface area contributed by atoms with Gasteiger partial charge in [-0.25, -0.2) is 9.48 Å². The molecule has 27 heavy (non-hydrogen) atoms. The molecule has 0 saturated carbocycles. The largest absolute Gasteiger partial charge is 0.396 e. The normalized spacial score (nSPS) is 19.4. The van der Waals surface area contributed by atoms with E-state index < -0.39 is 0 Å². The first kappa shape index (κ1) is 17.8. The zero-order valence-electron chi connectivity index (χ0n) is 15.1. The molecule has 3 aromatic rings. The van der Waals surface area contributed by atoms with E-state index in [1.165, 1.54) is 5.56 Å². The van der Waals surface area contributed by atoms with Crippen LogP contribution in [0.5, 0.6) is 0 Å². The maximum atomic E-state index is 12.7. The van der Waals surface area contributed by atoms with Gasteiger partial charge in [-0.1, -0.05) is 18.2 Å². The van der Waals surface area contributed by atoms with Crippen LogP contribution in [0, 0.1) is 12.8 Å². The molecule has 1 fully saturated rings. The summed E-state index contributed by atoms with van der Waals surface area (Å²) in [4.78, 5) is 14.5. The number of carbonyl (C=O) groups is 1. The van der Waals surface area contributed by atoms with Crippen molar-refractivity contribution in [3.63, 3.8) is 0 Å². The number of para-hydroxylation sites is 1. The Bertz CT molecular complexity index is 907. The fourth-order valence-corrected chi connectivity index (χ4v) is 4.37. The van der Waals surface area contributed by atoms with Gasteiger partial charge in [-0.05, 0) is 41.4 Å². The summed E-state index contributed by atoms with van der Waals surface area (Å²) in [6.45, 7) is 3.18. The maximum absolute atomic E-state index is 12.7. The van der Waals surface area contributed by atoms with Gasteiger partial charge in [0.05, 0.1) is 5.69 Å². The number of nitrogens with one attached hydrogen (secondary N) is 1. The van der Waals surface area contributed by atoms with Crippen LogP contribution in [0.1, 0.15) is 17.2 Å². The second-order valence-corrected chi connectivity index (χ2v) is 7.64. The predicted molar refractivity (Wildman–Crippen MR) is 107 cm³/mol. The molecule has 2 atom stereocenters. The first-order valence-electron chi connectivity index (χ1n) is 8.96. The minimum atomic E-state index is -0.177. The average Bonchev–Trinajstić information content (AvgIpc) is 3.41. The number of amides is 2. The second kappa shape index (κ2) is 7.54. The lowest BCUT2D eigenvalue weighted by Crippen LogP contribution is -2.33. The average molecular weight is 382 g/mol. The van der Waals surface area contributed by atoms with Crippen LogP contribution in [0.15, 0.2) is 53.2 Å². The molecule has 2 N–H and O–H groups in total. The van der Waals surface area contributed by atoms with Crippen LogP contribution < -0.4 is 5.32 Å². The zero-order chi connectivity index (χ0) is 18.8. The number of thiophene rings is 1. The number of aryl methyl sites for hydroxylation is 1. The second-order valence-electron chi connectivity index (χ2n) is 6.86. The molecule has 0 aliphatic carbocycles. The molecule has 0 unspecified atom stereocenters. The highest BCUT2D eigenvalue weighted by Gasteiger charge is 2.36. The Labute approximate surface area is 162 Å². The molecule has 3 heterocycles. The van der Waals surface area contributed by atoms with Crippen LogP contribution in [0.2, 0.25) is 0 Å². The number of benzene rings is 1. The van der Waals surface area contributed by atoms with Gasteiger partial charge in [-0.2, -0.15) is 11.3 Å². The van der Waals surface area contributed by atoms with E-state index in [4.69, 9.17) is 0 Å². The third kappa shape index (κ3) is 3.61. The smallest absolute Gasteiger partial charge is 0.323 e. The van der Waals surface area contributed by atoms with Crippen molar-refractivity contribution in [3.8, 4) is 5.69 Å². The van der Waals surface area contributed by atoms with Gasteiger partial charge in [0.1, 0.15) is 0 Å². The number of aliphatic hydroxyl groups is 1. The molecule has 0 bridgehead atoms. The molecule has 1 aliphatic heterocycles. The summed E-state index contributed by atoms with van der Waals surface area (Å²) >= 11 is 1.64. The number of hydrogen-bond acceptors (Lipinski definition) is 4. The highest BCUT2D eigenvalue weighted by atomic mass is 32.1. The molecule has 2 aromatic heterocycles. The van der Waals surface area contributed by atoms with E-state index in [1.807, 2.05) is 53.4 Å². The molecule has 0 spiro atoms. The first-order chi connectivity index (χ1) is 13.2. The summed E-state index contributed by atoms with van der Waals surface area (Å²) in [5, 5.41) is 21.3. The van der Waals surface area contributed by atoms with Gasteiger partial charge in [0.25, 0.3) is 0 Å².